The Hall–Kier alpha value is -3.98. The molecule has 37 heavy (non-hydrogen) atoms. The number of hydrazone groups is 2. The van der Waals surface area contributed by atoms with Crippen molar-refractivity contribution in [2.45, 2.75) is 44.5 Å². The number of Topliss-reactive ketones (excluding diaryl/α,β-unsaturated/α-hetero) is 1. The van der Waals surface area contributed by atoms with Gasteiger partial charge in [-0.2, -0.15) is 10.2 Å². The van der Waals surface area contributed by atoms with Crippen LogP contribution in [0.2, 0.25) is 0 Å². The highest BCUT2D eigenvalue weighted by Crippen LogP contribution is 2.51. The molecule has 1 spiro atoms. The number of nitrogens with zero attached hydrogens (tertiary/aromatic N) is 5. The van der Waals surface area contributed by atoms with Gasteiger partial charge < -0.3 is 0 Å². The van der Waals surface area contributed by atoms with E-state index in [-0.39, 0.29) is 11.5 Å². The lowest BCUT2D eigenvalue weighted by Gasteiger charge is -2.46. The van der Waals surface area contributed by atoms with Gasteiger partial charge in [0.25, 0.3) is 5.69 Å². The quantitative estimate of drug-likeness (QED) is 0.275. The zero-order valence-electron chi connectivity index (χ0n) is 20.9. The summed E-state index contributed by atoms with van der Waals surface area (Å²) in [5.74, 6) is 0.233. The Bertz CT molecular complexity index is 1400. The second-order valence-corrected chi connectivity index (χ2v) is 10.6. The van der Waals surface area contributed by atoms with Crippen LogP contribution in [0.4, 0.5) is 17.1 Å². The van der Waals surface area contributed by atoms with Crippen molar-refractivity contribution in [2.75, 3.05) is 10.0 Å². The van der Waals surface area contributed by atoms with Crippen molar-refractivity contribution in [1.82, 2.24) is 0 Å². The summed E-state index contributed by atoms with van der Waals surface area (Å²) in [6.07, 6.45) is 1.14. The van der Waals surface area contributed by atoms with Gasteiger partial charge in [0.2, 0.25) is 4.99 Å². The van der Waals surface area contributed by atoms with Gasteiger partial charge in [0.1, 0.15) is 5.69 Å². The standard InChI is InChI=1S/C28H27N5O3S/c1-19(2)21-13-15-22(16-14-21)24-17-18-28(31(29-24)23-9-5-4-6-10-23)32(30-27(37-28)20(3)34)25-11-7-8-12-26(25)33(35)36/h4-16,19H,17-18H2,1-3H3/t28-/m1/s1. The smallest absolute Gasteiger partial charge is 0.292 e. The first-order valence-corrected chi connectivity index (χ1v) is 13.0. The highest BCUT2D eigenvalue weighted by Gasteiger charge is 2.54. The number of thioether (sulfide) groups is 1. The molecule has 0 unspecified atom stereocenters. The number of benzene rings is 3. The lowest BCUT2D eigenvalue weighted by Crippen LogP contribution is -2.56. The molecule has 0 aromatic heterocycles. The summed E-state index contributed by atoms with van der Waals surface area (Å²) in [5, 5.41) is 25.5. The molecule has 2 aliphatic heterocycles. The summed E-state index contributed by atoms with van der Waals surface area (Å²) in [4.78, 5) is 23.1. The van der Waals surface area contributed by atoms with Crippen LogP contribution < -0.4 is 10.0 Å². The number of carbonyl (C=O) groups is 1. The van der Waals surface area contributed by atoms with E-state index >= 15 is 0 Å². The number of rotatable bonds is 6. The van der Waals surface area contributed by atoms with E-state index < -0.39 is 9.92 Å². The van der Waals surface area contributed by atoms with Gasteiger partial charge in [-0.1, -0.05) is 68.4 Å². The van der Waals surface area contributed by atoms with E-state index in [4.69, 9.17) is 5.10 Å². The van der Waals surface area contributed by atoms with Gasteiger partial charge in [0.05, 0.1) is 16.3 Å². The largest absolute Gasteiger partial charge is 0.294 e. The maximum atomic E-state index is 12.5. The van der Waals surface area contributed by atoms with Gasteiger partial charge in [0, 0.05) is 19.4 Å². The van der Waals surface area contributed by atoms with Crippen LogP contribution in [-0.2, 0) is 4.79 Å². The number of nitro benzene ring substituents is 1. The molecule has 0 fully saturated rings. The van der Waals surface area contributed by atoms with E-state index in [0.29, 0.717) is 29.5 Å². The van der Waals surface area contributed by atoms with Crippen LogP contribution in [0, 0.1) is 10.1 Å². The van der Waals surface area contributed by atoms with Crippen molar-refractivity contribution in [2.24, 2.45) is 10.2 Å². The van der Waals surface area contributed by atoms with Crippen LogP contribution >= 0.6 is 11.8 Å². The van der Waals surface area contributed by atoms with Crippen molar-refractivity contribution in [3.05, 3.63) is 100 Å². The Labute approximate surface area is 219 Å². The Morgan fingerprint density at radius 1 is 0.973 bits per heavy atom. The number of para-hydroxylation sites is 3. The second-order valence-electron chi connectivity index (χ2n) is 9.33. The molecule has 8 nitrogen and oxygen atoms in total. The van der Waals surface area contributed by atoms with Crippen molar-refractivity contribution < 1.29 is 9.72 Å². The number of hydrogen-bond acceptors (Lipinski definition) is 8. The van der Waals surface area contributed by atoms with E-state index in [0.717, 1.165) is 17.0 Å². The Kier molecular flexibility index (Phi) is 6.55. The molecule has 188 valence electrons. The van der Waals surface area contributed by atoms with Crippen molar-refractivity contribution >= 4 is 45.4 Å². The van der Waals surface area contributed by atoms with Crippen molar-refractivity contribution in [1.29, 1.82) is 0 Å². The Morgan fingerprint density at radius 2 is 1.65 bits per heavy atom. The average molecular weight is 514 g/mol. The van der Waals surface area contributed by atoms with E-state index in [1.165, 1.54) is 30.3 Å². The van der Waals surface area contributed by atoms with Gasteiger partial charge >= 0.3 is 0 Å². The third kappa shape index (κ3) is 4.51. The first kappa shape index (κ1) is 24.7. The third-order valence-corrected chi connectivity index (χ3v) is 7.98. The van der Waals surface area contributed by atoms with Crippen LogP contribution in [0.25, 0.3) is 0 Å². The van der Waals surface area contributed by atoms with Gasteiger partial charge in [-0.05, 0) is 53.4 Å². The van der Waals surface area contributed by atoms with Gasteiger partial charge in [-0.15, -0.1) is 0 Å². The monoisotopic (exact) mass is 513 g/mol. The van der Waals surface area contributed by atoms with Gasteiger partial charge in [-0.3, -0.25) is 14.9 Å². The summed E-state index contributed by atoms with van der Waals surface area (Å²) in [7, 11) is 0. The van der Waals surface area contributed by atoms with Crippen LogP contribution in [-0.4, -0.2) is 26.5 Å². The van der Waals surface area contributed by atoms with E-state index in [1.807, 2.05) is 35.3 Å². The second kappa shape index (κ2) is 9.82. The third-order valence-electron chi connectivity index (χ3n) is 6.54. The molecule has 2 aliphatic rings. The highest BCUT2D eigenvalue weighted by atomic mass is 32.2. The van der Waals surface area contributed by atoms with Gasteiger partial charge in [-0.25, -0.2) is 10.0 Å². The zero-order chi connectivity index (χ0) is 26.2. The molecule has 0 bridgehead atoms. The number of ketones is 1. The van der Waals surface area contributed by atoms with Crippen LogP contribution in [0.3, 0.4) is 0 Å². The number of carbonyl (C=O) groups excluding carboxylic acids is 1. The predicted molar refractivity (Wildman–Crippen MR) is 149 cm³/mol. The number of nitro groups is 1. The molecular weight excluding hydrogens is 486 g/mol. The molecule has 1 atom stereocenters. The molecule has 5 rings (SSSR count). The van der Waals surface area contributed by atoms with E-state index in [2.05, 4.69) is 43.2 Å². The molecular formula is C28H27N5O3S. The van der Waals surface area contributed by atoms with Crippen LogP contribution in [0.5, 0.6) is 0 Å². The zero-order valence-corrected chi connectivity index (χ0v) is 21.7. The predicted octanol–water partition coefficient (Wildman–Crippen LogP) is 6.53. The minimum absolute atomic E-state index is 0.0805. The average Bonchev–Trinajstić information content (AvgIpc) is 3.29. The molecule has 0 saturated heterocycles. The number of hydrogen-bond donors (Lipinski definition) is 0. The Morgan fingerprint density at radius 3 is 2.30 bits per heavy atom. The number of anilines is 2. The van der Waals surface area contributed by atoms with Crippen LogP contribution in [0.1, 0.15) is 50.7 Å². The summed E-state index contributed by atoms with van der Waals surface area (Å²) < 4.78 is 0. The topological polar surface area (TPSA) is 91.4 Å². The molecule has 3 aromatic carbocycles. The summed E-state index contributed by atoms with van der Waals surface area (Å²) >= 11 is 1.29. The maximum absolute atomic E-state index is 12.5. The SMILES string of the molecule is CC(=O)C1=NN(c2ccccc2[N+](=O)[O-])[C@]2(CCC(c3ccc(C(C)C)cc3)=NN2c2ccccc2)S1. The normalized spacial score (nSPS) is 19.2. The van der Waals surface area contributed by atoms with E-state index in [9.17, 15) is 14.9 Å². The first-order valence-electron chi connectivity index (χ1n) is 12.2. The molecule has 0 saturated carbocycles. The Balaban J connectivity index is 1.67. The fourth-order valence-corrected chi connectivity index (χ4v) is 5.82. The fraction of sp³-hybridized carbons (Fsp3) is 0.250. The van der Waals surface area contributed by atoms with Gasteiger partial charge in [0.15, 0.2) is 10.8 Å². The molecule has 0 aliphatic carbocycles. The minimum atomic E-state index is -0.990. The van der Waals surface area contributed by atoms with Crippen LogP contribution in [0.15, 0.2) is 89.1 Å². The summed E-state index contributed by atoms with van der Waals surface area (Å²) in [5.41, 5.74) is 4.22. The summed E-state index contributed by atoms with van der Waals surface area (Å²) in [6.45, 7) is 5.79. The van der Waals surface area contributed by atoms with Crippen molar-refractivity contribution in [3.8, 4) is 0 Å². The molecule has 3 aromatic rings. The maximum Gasteiger partial charge on any atom is 0.294 e. The molecule has 9 heteroatoms. The fourth-order valence-electron chi connectivity index (χ4n) is 4.59. The molecule has 0 amide bonds. The minimum Gasteiger partial charge on any atom is -0.292 e. The first-order chi connectivity index (χ1) is 17.8. The highest BCUT2D eigenvalue weighted by molar-refractivity contribution is 8.17. The molecule has 0 N–H and O–H groups in total. The molecule has 0 radical (unpaired) electrons. The van der Waals surface area contributed by atoms with Crippen molar-refractivity contribution in [3.63, 3.8) is 0 Å². The lowest BCUT2D eigenvalue weighted by atomic mass is 9.97. The van der Waals surface area contributed by atoms with E-state index in [1.54, 1.807) is 23.2 Å². The summed E-state index contributed by atoms with van der Waals surface area (Å²) in [6, 6.07) is 24.6. The lowest BCUT2D eigenvalue weighted by molar-refractivity contribution is -0.384. The molecule has 2 heterocycles.